The average molecular weight is 242 g/mol. The molecule has 0 bridgehead atoms. The van der Waals surface area contributed by atoms with Crippen LogP contribution < -0.4 is 0 Å². The molecule has 1 aliphatic carbocycles. The van der Waals surface area contributed by atoms with E-state index in [0.717, 1.165) is 11.1 Å². The summed E-state index contributed by atoms with van der Waals surface area (Å²) in [5, 5.41) is 18.0. The minimum absolute atomic E-state index is 0.0183. The molecule has 0 saturated carbocycles. The van der Waals surface area contributed by atoms with E-state index < -0.39 is 0 Å². The van der Waals surface area contributed by atoms with Crippen LogP contribution in [0, 0.1) is 35.8 Å². The summed E-state index contributed by atoms with van der Waals surface area (Å²) in [5.41, 5.74) is 2.76. The fraction of sp³-hybridized carbons (Fsp3) is 0.0667. The first-order chi connectivity index (χ1) is 9.26. The standard InChI is InChI=1S/C15H6N4/c1-18-14(8-16)12-7-13(15(9-17)19-2)11-6-4-3-5-10(11)12/h3-6H,7H2. The smallest absolute Gasteiger partial charge is 0.226 e. The zero-order valence-electron chi connectivity index (χ0n) is 9.81. The summed E-state index contributed by atoms with van der Waals surface area (Å²) in [6, 6.07) is 11.0. The van der Waals surface area contributed by atoms with Crippen molar-refractivity contribution in [2.75, 3.05) is 0 Å². The Labute approximate surface area is 110 Å². The van der Waals surface area contributed by atoms with Crippen LogP contribution in [-0.2, 0) is 0 Å². The first kappa shape index (κ1) is 12.1. The quantitative estimate of drug-likeness (QED) is 0.517. The third-order valence-electron chi connectivity index (χ3n) is 2.94. The molecule has 19 heavy (non-hydrogen) atoms. The van der Waals surface area contributed by atoms with E-state index in [4.69, 9.17) is 23.7 Å². The topological polar surface area (TPSA) is 56.3 Å². The highest BCUT2D eigenvalue weighted by Gasteiger charge is 2.26. The molecule has 1 aliphatic rings. The Morgan fingerprint density at radius 2 is 1.37 bits per heavy atom. The van der Waals surface area contributed by atoms with Gasteiger partial charge in [0.15, 0.2) is 0 Å². The van der Waals surface area contributed by atoms with Gasteiger partial charge in [-0.25, -0.2) is 20.2 Å². The summed E-state index contributed by atoms with van der Waals surface area (Å²) in [7, 11) is 0. The summed E-state index contributed by atoms with van der Waals surface area (Å²) >= 11 is 0. The molecule has 0 aliphatic heterocycles. The Bertz CT molecular complexity index is 684. The molecule has 1 aromatic rings. The van der Waals surface area contributed by atoms with E-state index in [9.17, 15) is 0 Å². The minimum Gasteiger partial charge on any atom is -0.226 e. The van der Waals surface area contributed by atoms with E-state index in [1.165, 1.54) is 0 Å². The van der Waals surface area contributed by atoms with Crippen molar-refractivity contribution < 1.29 is 0 Å². The zero-order chi connectivity index (χ0) is 13.8. The van der Waals surface area contributed by atoms with Gasteiger partial charge < -0.3 is 0 Å². The van der Waals surface area contributed by atoms with Crippen LogP contribution >= 0.6 is 0 Å². The van der Waals surface area contributed by atoms with Gasteiger partial charge >= 0.3 is 0 Å². The Morgan fingerprint density at radius 1 is 0.947 bits per heavy atom. The highest BCUT2D eigenvalue weighted by atomic mass is 14.7. The molecule has 0 heterocycles. The second-order valence-corrected chi connectivity index (χ2v) is 3.82. The van der Waals surface area contributed by atoms with Gasteiger partial charge in [0.05, 0.1) is 25.3 Å². The zero-order valence-corrected chi connectivity index (χ0v) is 9.81. The summed E-state index contributed by atoms with van der Waals surface area (Å²) in [5.74, 6) is 0. The lowest BCUT2D eigenvalue weighted by Gasteiger charge is -1.99. The molecule has 0 saturated heterocycles. The summed E-state index contributed by atoms with van der Waals surface area (Å²) in [4.78, 5) is 6.44. The highest BCUT2D eigenvalue weighted by molar-refractivity contribution is 5.97. The third kappa shape index (κ3) is 1.85. The van der Waals surface area contributed by atoms with Crippen LogP contribution in [0.5, 0.6) is 0 Å². The van der Waals surface area contributed by atoms with E-state index >= 15 is 0 Å². The number of nitrogens with zero attached hydrogens (tertiary/aromatic N) is 4. The van der Waals surface area contributed by atoms with Crippen molar-refractivity contribution in [3.63, 3.8) is 0 Å². The van der Waals surface area contributed by atoms with Crippen LogP contribution in [0.2, 0.25) is 0 Å². The number of benzene rings is 1. The van der Waals surface area contributed by atoms with Gasteiger partial charge in [0.25, 0.3) is 11.4 Å². The molecule has 2 rings (SSSR count). The van der Waals surface area contributed by atoms with E-state index in [1.807, 2.05) is 24.3 Å². The Balaban J connectivity index is 2.82. The average Bonchev–Trinajstić information content (AvgIpc) is 2.82. The molecule has 0 aromatic heterocycles. The molecular weight excluding hydrogens is 236 g/mol. The van der Waals surface area contributed by atoms with Crippen molar-refractivity contribution in [2.45, 2.75) is 6.42 Å². The van der Waals surface area contributed by atoms with Crippen molar-refractivity contribution in [3.05, 3.63) is 69.6 Å². The van der Waals surface area contributed by atoms with Crippen LogP contribution in [0.15, 0.2) is 35.7 Å². The second kappa shape index (κ2) is 4.89. The summed E-state index contributed by atoms with van der Waals surface area (Å²) < 4.78 is 0. The van der Waals surface area contributed by atoms with Gasteiger partial charge in [-0.2, -0.15) is 0 Å². The molecule has 0 spiro atoms. The molecule has 0 amide bonds. The summed E-state index contributed by atoms with van der Waals surface area (Å²) in [6.07, 6.45) is 0.288. The van der Waals surface area contributed by atoms with Gasteiger partial charge in [0.1, 0.15) is 0 Å². The van der Waals surface area contributed by atoms with E-state index in [1.54, 1.807) is 12.1 Å². The lowest BCUT2D eigenvalue weighted by atomic mass is 10.1. The maximum absolute atomic E-state index is 8.99. The molecule has 0 fully saturated rings. The van der Waals surface area contributed by atoms with Gasteiger partial charge in [-0.3, -0.25) is 0 Å². The number of fused-ring (bicyclic) bond motifs is 1. The predicted octanol–water partition coefficient (Wildman–Crippen LogP) is 3.40. The number of allylic oxidation sites excluding steroid dienone is 4. The highest BCUT2D eigenvalue weighted by Crippen LogP contribution is 2.43. The predicted molar refractivity (Wildman–Crippen MR) is 69.3 cm³/mol. The fourth-order valence-corrected chi connectivity index (χ4v) is 2.12. The Hall–Kier alpha value is -3.34. The van der Waals surface area contributed by atoms with Crippen LogP contribution in [0.3, 0.4) is 0 Å². The van der Waals surface area contributed by atoms with Crippen molar-refractivity contribution in [1.82, 2.24) is 0 Å². The molecule has 4 nitrogen and oxygen atoms in total. The number of rotatable bonds is 0. The van der Waals surface area contributed by atoms with Gasteiger partial charge in [-0.05, 0) is 28.7 Å². The molecule has 1 aromatic carbocycles. The first-order valence-corrected chi connectivity index (χ1v) is 5.38. The molecule has 0 atom stereocenters. The Morgan fingerprint density at radius 3 is 1.68 bits per heavy atom. The van der Waals surface area contributed by atoms with E-state index in [-0.39, 0.29) is 17.8 Å². The van der Waals surface area contributed by atoms with Crippen molar-refractivity contribution in [1.29, 1.82) is 10.5 Å². The van der Waals surface area contributed by atoms with Crippen LogP contribution in [-0.4, -0.2) is 0 Å². The first-order valence-electron chi connectivity index (χ1n) is 5.38. The minimum atomic E-state index is 0.0183. The number of hydrogen-bond donors (Lipinski definition) is 0. The van der Waals surface area contributed by atoms with Crippen LogP contribution in [0.1, 0.15) is 17.5 Å². The molecule has 4 heteroatoms. The summed E-state index contributed by atoms with van der Waals surface area (Å²) in [6.45, 7) is 14.1. The SMILES string of the molecule is [C-]#[N+]C(C#N)=C1CC(=C(C#N)[N+]#[C-])c2ccccc21. The molecule has 0 N–H and O–H groups in total. The van der Waals surface area contributed by atoms with Gasteiger partial charge in [0.2, 0.25) is 0 Å². The maximum atomic E-state index is 8.99. The van der Waals surface area contributed by atoms with Crippen LogP contribution in [0.4, 0.5) is 0 Å². The molecule has 0 radical (unpaired) electrons. The largest absolute Gasteiger partial charge is 0.265 e. The van der Waals surface area contributed by atoms with Gasteiger partial charge in [0, 0.05) is 0 Å². The van der Waals surface area contributed by atoms with Gasteiger partial charge in [-0.1, -0.05) is 24.3 Å². The van der Waals surface area contributed by atoms with Crippen LogP contribution in [0.25, 0.3) is 20.8 Å². The monoisotopic (exact) mass is 242 g/mol. The van der Waals surface area contributed by atoms with E-state index in [2.05, 4.69) is 9.69 Å². The van der Waals surface area contributed by atoms with Crippen molar-refractivity contribution in [3.8, 4) is 12.1 Å². The molecule has 86 valence electrons. The van der Waals surface area contributed by atoms with Crippen molar-refractivity contribution in [2.24, 2.45) is 0 Å². The third-order valence-corrected chi connectivity index (χ3v) is 2.94. The normalized spacial score (nSPS) is 17.3. The lowest BCUT2D eigenvalue weighted by molar-refractivity contribution is 1.42. The van der Waals surface area contributed by atoms with Crippen molar-refractivity contribution >= 4 is 11.1 Å². The number of nitriles is 2. The maximum Gasteiger partial charge on any atom is 0.265 e. The lowest BCUT2D eigenvalue weighted by Crippen LogP contribution is -1.82. The molecular formula is C15H6N4. The second-order valence-electron chi connectivity index (χ2n) is 3.82. The molecule has 0 unspecified atom stereocenters. The Kier molecular flexibility index (Phi) is 3.12. The van der Waals surface area contributed by atoms with E-state index in [0.29, 0.717) is 11.1 Å². The van der Waals surface area contributed by atoms with Gasteiger partial charge in [-0.15, -0.1) is 0 Å². The fourth-order valence-electron chi connectivity index (χ4n) is 2.12. The number of hydrogen-bond acceptors (Lipinski definition) is 2.